The van der Waals surface area contributed by atoms with E-state index in [9.17, 15) is 4.79 Å². The minimum absolute atomic E-state index is 0.212. The Balaban J connectivity index is 1.84. The molecule has 2 aromatic rings. The van der Waals surface area contributed by atoms with Crippen LogP contribution in [0.15, 0.2) is 53.1 Å². The first-order valence-electron chi connectivity index (χ1n) is 6.37. The Morgan fingerprint density at radius 3 is 2.65 bits per heavy atom. The second-order valence-corrected chi connectivity index (χ2v) is 5.40. The number of amides is 1. The zero-order chi connectivity index (χ0) is 14.4. The van der Waals surface area contributed by atoms with E-state index >= 15 is 0 Å². The maximum absolute atomic E-state index is 11.9. The Morgan fingerprint density at radius 2 is 2.00 bits per heavy atom. The molecule has 5 heteroatoms. The highest BCUT2D eigenvalue weighted by Gasteiger charge is 2.13. The van der Waals surface area contributed by atoms with Gasteiger partial charge in [-0.05, 0) is 46.5 Å². The van der Waals surface area contributed by atoms with E-state index in [2.05, 4.69) is 26.2 Å². The third-order valence-corrected chi connectivity index (χ3v) is 3.37. The number of hydrogen-bond donors (Lipinski definition) is 2. The fourth-order valence-corrected chi connectivity index (χ4v) is 2.00. The summed E-state index contributed by atoms with van der Waals surface area (Å²) >= 11 is 3.29. The van der Waals surface area contributed by atoms with Crippen LogP contribution >= 0.6 is 15.9 Å². The molecule has 0 bridgehead atoms. The molecule has 3 N–H and O–H groups in total. The first kappa shape index (κ1) is 14.7. The van der Waals surface area contributed by atoms with Crippen LogP contribution in [0.2, 0.25) is 0 Å². The molecule has 0 aliphatic heterocycles. The number of nitrogens with zero attached hydrogens (tertiary/aromatic N) is 1. The van der Waals surface area contributed by atoms with Gasteiger partial charge in [0.1, 0.15) is 5.82 Å². The molecule has 1 heterocycles. The molecule has 104 valence electrons. The third-order valence-electron chi connectivity index (χ3n) is 2.90. The Labute approximate surface area is 126 Å². The van der Waals surface area contributed by atoms with Crippen molar-refractivity contribution in [2.75, 3.05) is 5.32 Å². The van der Waals surface area contributed by atoms with Crippen molar-refractivity contribution in [3.05, 3.63) is 58.7 Å². The second kappa shape index (κ2) is 7.17. The Morgan fingerprint density at radius 1 is 1.25 bits per heavy atom. The van der Waals surface area contributed by atoms with E-state index in [1.165, 1.54) is 5.56 Å². The maximum Gasteiger partial charge on any atom is 0.242 e. The largest absolute Gasteiger partial charge is 0.320 e. The number of pyridine rings is 1. The molecule has 1 aromatic heterocycles. The molecule has 1 aromatic carbocycles. The lowest BCUT2D eigenvalue weighted by atomic mass is 10.1. The number of anilines is 1. The molecule has 0 saturated carbocycles. The van der Waals surface area contributed by atoms with Crippen LogP contribution in [-0.2, 0) is 11.2 Å². The molecule has 0 radical (unpaired) electrons. The number of aryl methyl sites for hydroxylation is 1. The average molecular weight is 334 g/mol. The summed E-state index contributed by atoms with van der Waals surface area (Å²) in [5.74, 6) is 0.295. The summed E-state index contributed by atoms with van der Waals surface area (Å²) in [5.41, 5.74) is 7.07. The average Bonchev–Trinajstić information content (AvgIpc) is 2.48. The minimum Gasteiger partial charge on any atom is -0.320 e. The van der Waals surface area contributed by atoms with E-state index in [0.717, 1.165) is 10.9 Å². The summed E-state index contributed by atoms with van der Waals surface area (Å²) < 4.78 is 0.865. The van der Waals surface area contributed by atoms with Gasteiger partial charge in [-0.3, -0.25) is 4.79 Å². The highest BCUT2D eigenvalue weighted by Crippen LogP contribution is 2.11. The fourth-order valence-electron chi connectivity index (χ4n) is 1.77. The molecule has 1 atom stereocenters. The molecule has 0 unspecified atom stereocenters. The first-order valence-corrected chi connectivity index (χ1v) is 7.16. The monoisotopic (exact) mass is 333 g/mol. The van der Waals surface area contributed by atoms with Gasteiger partial charge in [0.05, 0.1) is 6.04 Å². The lowest BCUT2D eigenvalue weighted by molar-refractivity contribution is -0.117. The number of carbonyl (C=O) groups excluding carboxylic acids is 1. The van der Waals surface area contributed by atoms with Crippen molar-refractivity contribution in [2.45, 2.75) is 18.9 Å². The van der Waals surface area contributed by atoms with E-state index in [0.29, 0.717) is 12.2 Å². The molecule has 0 saturated heterocycles. The van der Waals surface area contributed by atoms with Gasteiger partial charge >= 0.3 is 0 Å². The van der Waals surface area contributed by atoms with E-state index in [1.54, 1.807) is 12.3 Å². The predicted octanol–water partition coefficient (Wildman–Crippen LogP) is 2.74. The van der Waals surface area contributed by atoms with Gasteiger partial charge in [0.15, 0.2) is 0 Å². The lowest BCUT2D eigenvalue weighted by Crippen LogP contribution is -2.36. The van der Waals surface area contributed by atoms with Crippen LogP contribution in [0.1, 0.15) is 12.0 Å². The van der Waals surface area contributed by atoms with Gasteiger partial charge in [-0.1, -0.05) is 30.3 Å². The van der Waals surface area contributed by atoms with Crippen LogP contribution in [0.25, 0.3) is 0 Å². The summed E-state index contributed by atoms with van der Waals surface area (Å²) in [6.45, 7) is 0. The molecule has 2 rings (SSSR count). The van der Waals surface area contributed by atoms with E-state index in [4.69, 9.17) is 5.73 Å². The molecule has 4 nitrogen and oxygen atoms in total. The van der Waals surface area contributed by atoms with Crippen molar-refractivity contribution in [3.8, 4) is 0 Å². The van der Waals surface area contributed by atoms with Gasteiger partial charge in [-0.15, -0.1) is 0 Å². The SMILES string of the molecule is N[C@@H](CCc1ccccc1)C(=O)Nc1ccc(Br)cn1. The normalized spacial score (nSPS) is 11.9. The van der Waals surface area contributed by atoms with E-state index in [1.807, 2.05) is 36.4 Å². The van der Waals surface area contributed by atoms with Gasteiger partial charge in [0, 0.05) is 10.7 Å². The third kappa shape index (κ3) is 4.43. The number of carbonyl (C=O) groups is 1. The highest BCUT2D eigenvalue weighted by atomic mass is 79.9. The summed E-state index contributed by atoms with van der Waals surface area (Å²) in [5, 5.41) is 2.71. The summed E-state index contributed by atoms with van der Waals surface area (Å²) in [6.07, 6.45) is 3.01. The Kier molecular flexibility index (Phi) is 5.26. The Hall–Kier alpha value is -1.72. The zero-order valence-corrected chi connectivity index (χ0v) is 12.5. The highest BCUT2D eigenvalue weighted by molar-refractivity contribution is 9.10. The molecule has 0 spiro atoms. The standard InChI is InChI=1S/C15H16BrN3O/c16-12-7-9-14(18-10-12)19-15(20)13(17)8-6-11-4-2-1-3-5-11/h1-5,7,9-10,13H,6,8,17H2,(H,18,19,20)/t13-/m0/s1. The van der Waals surface area contributed by atoms with Gasteiger partial charge in [0.2, 0.25) is 5.91 Å². The number of hydrogen-bond acceptors (Lipinski definition) is 3. The smallest absolute Gasteiger partial charge is 0.242 e. The molecule has 0 aliphatic rings. The molecule has 0 aliphatic carbocycles. The molecular formula is C15H16BrN3O. The zero-order valence-electron chi connectivity index (χ0n) is 10.9. The van der Waals surface area contributed by atoms with Crippen molar-refractivity contribution in [1.82, 2.24) is 4.98 Å². The van der Waals surface area contributed by atoms with E-state index in [-0.39, 0.29) is 5.91 Å². The first-order chi connectivity index (χ1) is 9.65. The second-order valence-electron chi connectivity index (χ2n) is 4.48. The number of halogens is 1. The topological polar surface area (TPSA) is 68.0 Å². The van der Waals surface area contributed by atoms with Crippen molar-refractivity contribution < 1.29 is 4.79 Å². The maximum atomic E-state index is 11.9. The minimum atomic E-state index is -0.541. The molecule has 1 amide bonds. The molecular weight excluding hydrogens is 318 g/mol. The van der Waals surface area contributed by atoms with Gasteiger partial charge in [-0.25, -0.2) is 4.98 Å². The summed E-state index contributed by atoms with van der Waals surface area (Å²) in [4.78, 5) is 16.0. The number of aromatic nitrogens is 1. The van der Waals surface area contributed by atoms with Crippen molar-refractivity contribution >= 4 is 27.7 Å². The predicted molar refractivity (Wildman–Crippen MR) is 83.3 cm³/mol. The van der Waals surface area contributed by atoms with Crippen LogP contribution in [0.3, 0.4) is 0 Å². The summed E-state index contributed by atoms with van der Waals surface area (Å²) in [7, 11) is 0. The quantitative estimate of drug-likeness (QED) is 0.883. The van der Waals surface area contributed by atoms with E-state index < -0.39 is 6.04 Å². The van der Waals surface area contributed by atoms with Crippen LogP contribution in [-0.4, -0.2) is 16.9 Å². The lowest BCUT2D eigenvalue weighted by Gasteiger charge is -2.11. The number of nitrogens with one attached hydrogen (secondary N) is 1. The van der Waals surface area contributed by atoms with Crippen molar-refractivity contribution in [1.29, 1.82) is 0 Å². The van der Waals surface area contributed by atoms with Crippen LogP contribution in [0, 0.1) is 0 Å². The van der Waals surface area contributed by atoms with Gasteiger partial charge in [-0.2, -0.15) is 0 Å². The molecule has 20 heavy (non-hydrogen) atoms. The van der Waals surface area contributed by atoms with Gasteiger partial charge < -0.3 is 11.1 Å². The molecule has 0 fully saturated rings. The van der Waals surface area contributed by atoms with Crippen LogP contribution < -0.4 is 11.1 Å². The van der Waals surface area contributed by atoms with Gasteiger partial charge in [0.25, 0.3) is 0 Å². The summed E-state index contributed by atoms with van der Waals surface area (Å²) in [6, 6.07) is 13.0. The van der Waals surface area contributed by atoms with Crippen LogP contribution in [0.4, 0.5) is 5.82 Å². The fraction of sp³-hybridized carbons (Fsp3) is 0.200. The van der Waals surface area contributed by atoms with Crippen molar-refractivity contribution in [2.24, 2.45) is 5.73 Å². The van der Waals surface area contributed by atoms with Crippen LogP contribution in [0.5, 0.6) is 0 Å². The number of nitrogens with two attached hydrogens (primary N) is 1. The Bertz CT molecular complexity index is 557. The van der Waals surface area contributed by atoms with Crippen molar-refractivity contribution in [3.63, 3.8) is 0 Å². The number of rotatable bonds is 5. The number of benzene rings is 1.